The zero-order chi connectivity index (χ0) is 27.3. The van der Waals surface area contributed by atoms with E-state index >= 15 is 0 Å². The Kier molecular flexibility index (Phi) is 14.2. The molecule has 0 bridgehead atoms. The second-order valence-electron chi connectivity index (χ2n) is 9.01. The Morgan fingerprint density at radius 1 is 0.800 bits per heavy atom. The highest BCUT2D eigenvalue weighted by molar-refractivity contribution is 5.94. The lowest BCUT2D eigenvalue weighted by Gasteiger charge is -2.28. The number of carboxylic acids is 2. The van der Waals surface area contributed by atoms with E-state index in [9.17, 15) is 33.9 Å². The van der Waals surface area contributed by atoms with E-state index in [0.717, 1.165) is 0 Å². The van der Waals surface area contributed by atoms with Crippen LogP contribution in [0, 0.1) is 11.8 Å². The van der Waals surface area contributed by atoms with Gasteiger partial charge in [-0.2, -0.15) is 0 Å². The lowest BCUT2D eigenvalue weighted by Crippen LogP contribution is -2.58. The number of nitrogens with one attached hydrogen (secondary N) is 3. The average Bonchev–Trinajstić information content (AvgIpc) is 2.75. The SMILES string of the molecule is CCC(C)C(NC(=O)C(N)CC(C)C)C(=O)NC(CCC(=O)O)C(=O)NC(CCC(N)=O)C(=O)O. The first-order valence-corrected chi connectivity index (χ1v) is 11.6. The lowest BCUT2D eigenvalue weighted by molar-refractivity contribution is -0.143. The maximum Gasteiger partial charge on any atom is 0.326 e. The number of hydrogen-bond donors (Lipinski definition) is 7. The summed E-state index contributed by atoms with van der Waals surface area (Å²) in [6.45, 7) is 7.31. The van der Waals surface area contributed by atoms with Gasteiger partial charge in [0, 0.05) is 12.8 Å². The molecule has 0 aromatic heterocycles. The maximum absolute atomic E-state index is 13.0. The van der Waals surface area contributed by atoms with Gasteiger partial charge in [0.1, 0.15) is 18.1 Å². The predicted molar refractivity (Wildman–Crippen MR) is 126 cm³/mol. The van der Waals surface area contributed by atoms with Crippen molar-refractivity contribution < 1.29 is 39.0 Å². The van der Waals surface area contributed by atoms with Crippen LogP contribution in [0.1, 0.15) is 66.2 Å². The minimum Gasteiger partial charge on any atom is -0.481 e. The molecule has 4 amide bonds. The highest BCUT2D eigenvalue weighted by Crippen LogP contribution is 2.11. The highest BCUT2D eigenvalue weighted by atomic mass is 16.4. The molecular weight excluding hydrogens is 462 g/mol. The summed E-state index contributed by atoms with van der Waals surface area (Å²) in [6.07, 6.45) is -0.512. The molecule has 0 fully saturated rings. The standard InChI is InChI=1S/C22H39N5O8/c1-5-12(4)18(27-19(31)13(23)10-11(2)3)21(33)25-14(7-9-17(29)30)20(32)26-15(22(34)35)6-8-16(24)28/h11-15,18H,5-10,23H2,1-4H3,(H2,24,28)(H,25,33)(H,26,32)(H,27,31)(H,29,30)(H,34,35). The van der Waals surface area contributed by atoms with Crippen LogP contribution in [-0.4, -0.2) is 69.9 Å². The van der Waals surface area contributed by atoms with Crippen LogP contribution < -0.4 is 27.4 Å². The molecule has 0 radical (unpaired) electrons. The Hall–Kier alpha value is -3.22. The van der Waals surface area contributed by atoms with E-state index in [1.807, 2.05) is 13.8 Å². The van der Waals surface area contributed by atoms with Crippen molar-refractivity contribution in [2.24, 2.45) is 23.3 Å². The molecular formula is C22H39N5O8. The molecule has 35 heavy (non-hydrogen) atoms. The Balaban J connectivity index is 5.63. The van der Waals surface area contributed by atoms with E-state index in [4.69, 9.17) is 16.6 Å². The summed E-state index contributed by atoms with van der Waals surface area (Å²) in [6, 6.07) is -4.78. The van der Waals surface area contributed by atoms with Crippen LogP contribution in [0.25, 0.3) is 0 Å². The molecule has 0 aromatic rings. The summed E-state index contributed by atoms with van der Waals surface area (Å²) in [5.41, 5.74) is 10.9. The Bertz CT molecular complexity index is 773. The average molecular weight is 502 g/mol. The summed E-state index contributed by atoms with van der Waals surface area (Å²) in [5.74, 6) is -5.84. The number of carboxylic acid groups (broad SMARTS) is 2. The van der Waals surface area contributed by atoms with Crippen LogP contribution in [0.15, 0.2) is 0 Å². The second kappa shape index (κ2) is 15.6. The quantitative estimate of drug-likeness (QED) is 0.130. The van der Waals surface area contributed by atoms with Gasteiger partial charge in [-0.25, -0.2) is 4.79 Å². The fraction of sp³-hybridized carbons (Fsp3) is 0.727. The van der Waals surface area contributed by atoms with Gasteiger partial charge in [0.2, 0.25) is 23.6 Å². The molecule has 0 saturated carbocycles. The molecule has 13 heteroatoms. The maximum atomic E-state index is 13.0. The van der Waals surface area contributed by atoms with Crippen molar-refractivity contribution in [2.75, 3.05) is 0 Å². The molecule has 200 valence electrons. The van der Waals surface area contributed by atoms with Crippen LogP contribution in [0.3, 0.4) is 0 Å². The van der Waals surface area contributed by atoms with Gasteiger partial charge in [-0.3, -0.25) is 24.0 Å². The lowest BCUT2D eigenvalue weighted by atomic mass is 9.96. The minimum absolute atomic E-state index is 0.146. The summed E-state index contributed by atoms with van der Waals surface area (Å²) in [7, 11) is 0. The van der Waals surface area contributed by atoms with Crippen molar-refractivity contribution in [1.29, 1.82) is 0 Å². The molecule has 0 aromatic carbocycles. The number of hydrogen-bond acceptors (Lipinski definition) is 7. The molecule has 0 aliphatic rings. The molecule has 5 unspecified atom stereocenters. The zero-order valence-electron chi connectivity index (χ0n) is 20.7. The topological polar surface area (TPSA) is 231 Å². The molecule has 0 spiro atoms. The second-order valence-corrected chi connectivity index (χ2v) is 9.01. The normalized spacial score (nSPS) is 15.3. The van der Waals surface area contributed by atoms with Crippen molar-refractivity contribution in [3.8, 4) is 0 Å². The minimum atomic E-state index is -1.47. The first kappa shape index (κ1) is 31.8. The van der Waals surface area contributed by atoms with Crippen molar-refractivity contribution in [3.05, 3.63) is 0 Å². The van der Waals surface area contributed by atoms with Gasteiger partial charge in [-0.05, 0) is 31.1 Å². The van der Waals surface area contributed by atoms with Crippen molar-refractivity contribution in [2.45, 2.75) is 90.4 Å². The number of amides is 4. The first-order chi connectivity index (χ1) is 16.2. The van der Waals surface area contributed by atoms with Gasteiger partial charge in [0.25, 0.3) is 0 Å². The smallest absolute Gasteiger partial charge is 0.326 e. The molecule has 0 heterocycles. The molecule has 0 aliphatic carbocycles. The van der Waals surface area contributed by atoms with E-state index in [0.29, 0.717) is 12.8 Å². The van der Waals surface area contributed by atoms with Crippen LogP contribution in [-0.2, 0) is 28.8 Å². The van der Waals surface area contributed by atoms with Gasteiger partial charge < -0.3 is 37.6 Å². The Morgan fingerprint density at radius 2 is 1.34 bits per heavy atom. The molecule has 13 nitrogen and oxygen atoms in total. The third kappa shape index (κ3) is 12.7. The Labute approximate surface area is 204 Å². The molecule has 0 aliphatic heterocycles. The van der Waals surface area contributed by atoms with Crippen LogP contribution >= 0.6 is 0 Å². The van der Waals surface area contributed by atoms with Gasteiger partial charge in [0.15, 0.2) is 0 Å². The van der Waals surface area contributed by atoms with E-state index in [1.165, 1.54) is 0 Å². The number of rotatable bonds is 17. The number of nitrogens with two attached hydrogens (primary N) is 2. The molecule has 0 saturated heterocycles. The predicted octanol–water partition coefficient (Wildman–Crippen LogP) is -0.925. The number of aliphatic carboxylic acids is 2. The fourth-order valence-corrected chi connectivity index (χ4v) is 3.19. The van der Waals surface area contributed by atoms with Gasteiger partial charge in [0.05, 0.1) is 6.04 Å². The number of primary amides is 1. The van der Waals surface area contributed by atoms with E-state index in [-0.39, 0.29) is 31.1 Å². The largest absolute Gasteiger partial charge is 0.481 e. The third-order valence-electron chi connectivity index (χ3n) is 5.43. The van der Waals surface area contributed by atoms with E-state index < -0.39 is 66.2 Å². The number of carbonyl (C=O) groups excluding carboxylic acids is 4. The van der Waals surface area contributed by atoms with Crippen molar-refractivity contribution >= 4 is 35.6 Å². The van der Waals surface area contributed by atoms with Gasteiger partial charge in [-0.1, -0.05) is 34.1 Å². The Morgan fingerprint density at radius 3 is 1.80 bits per heavy atom. The first-order valence-electron chi connectivity index (χ1n) is 11.6. The van der Waals surface area contributed by atoms with Crippen LogP contribution in [0.2, 0.25) is 0 Å². The van der Waals surface area contributed by atoms with E-state index in [2.05, 4.69) is 16.0 Å². The number of carbonyl (C=O) groups is 6. The summed E-state index contributed by atoms with van der Waals surface area (Å²) in [4.78, 5) is 71.8. The summed E-state index contributed by atoms with van der Waals surface area (Å²) in [5, 5.41) is 25.6. The summed E-state index contributed by atoms with van der Waals surface area (Å²) >= 11 is 0. The fourth-order valence-electron chi connectivity index (χ4n) is 3.19. The van der Waals surface area contributed by atoms with E-state index in [1.54, 1.807) is 13.8 Å². The molecule has 0 rings (SSSR count). The van der Waals surface area contributed by atoms with Crippen molar-refractivity contribution in [1.82, 2.24) is 16.0 Å². The van der Waals surface area contributed by atoms with Crippen LogP contribution in [0.5, 0.6) is 0 Å². The zero-order valence-corrected chi connectivity index (χ0v) is 20.7. The monoisotopic (exact) mass is 501 g/mol. The third-order valence-corrected chi connectivity index (χ3v) is 5.43. The molecule has 9 N–H and O–H groups in total. The molecule has 5 atom stereocenters. The van der Waals surface area contributed by atoms with Crippen molar-refractivity contribution in [3.63, 3.8) is 0 Å². The van der Waals surface area contributed by atoms with Gasteiger partial charge >= 0.3 is 11.9 Å². The van der Waals surface area contributed by atoms with Gasteiger partial charge in [-0.15, -0.1) is 0 Å². The summed E-state index contributed by atoms with van der Waals surface area (Å²) < 4.78 is 0. The van der Waals surface area contributed by atoms with Crippen LogP contribution in [0.4, 0.5) is 0 Å². The highest BCUT2D eigenvalue weighted by Gasteiger charge is 2.32.